The SMILES string of the molecule is N#Cc1ccc(NC(=O)Nc2ccc(Cl)cc2)c(Cl)c1. The number of halogens is 2. The van der Waals surface area contributed by atoms with E-state index in [9.17, 15) is 4.79 Å². The van der Waals surface area contributed by atoms with Crippen LogP contribution in [0.25, 0.3) is 0 Å². The molecule has 6 heteroatoms. The van der Waals surface area contributed by atoms with Crippen LogP contribution in [0.2, 0.25) is 10.0 Å². The van der Waals surface area contributed by atoms with E-state index in [-0.39, 0.29) is 0 Å². The lowest BCUT2D eigenvalue weighted by Gasteiger charge is -2.09. The van der Waals surface area contributed by atoms with Crippen LogP contribution in [0.4, 0.5) is 16.2 Å². The average Bonchev–Trinajstić information content (AvgIpc) is 2.43. The van der Waals surface area contributed by atoms with Crippen LogP contribution in [0.15, 0.2) is 42.5 Å². The molecule has 0 saturated carbocycles. The monoisotopic (exact) mass is 305 g/mol. The van der Waals surface area contributed by atoms with Crippen molar-refractivity contribution >= 4 is 40.6 Å². The number of benzene rings is 2. The van der Waals surface area contributed by atoms with Crippen molar-refractivity contribution in [1.82, 2.24) is 0 Å². The van der Waals surface area contributed by atoms with Crippen molar-refractivity contribution in [2.75, 3.05) is 10.6 Å². The number of nitriles is 1. The first-order valence-corrected chi connectivity index (χ1v) is 6.37. The highest BCUT2D eigenvalue weighted by Gasteiger charge is 2.06. The summed E-state index contributed by atoms with van der Waals surface area (Å²) in [4.78, 5) is 11.8. The number of anilines is 2. The number of amides is 2. The minimum Gasteiger partial charge on any atom is -0.308 e. The normalized spacial score (nSPS) is 9.65. The predicted octanol–water partition coefficient (Wildman–Crippen LogP) is 4.51. The van der Waals surface area contributed by atoms with E-state index in [1.54, 1.807) is 36.4 Å². The first kappa shape index (κ1) is 14.2. The number of carbonyl (C=O) groups is 1. The van der Waals surface area contributed by atoms with E-state index in [0.29, 0.717) is 27.0 Å². The molecule has 0 saturated heterocycles. The molecule has 2 aromatic rings. The third-order valence-corrected chi connectivity index (χ3v) is 3.01. The number of rotatable bonds is 2. The lowest BCUT2D eigenvalue weighted by molar-refractivity contribution is 0.262. The Hall–Kier alpha value is -2.22. The van der Waals surface area contributed by atoms with Gasteiger partial charge in [0, 0.05) is 10.7 Å². The third-order valence-electron chi connectivity index (χ3n) is 2.45. The van der Waals surface area contributed by atoms with Crippen molar-refractivity contribution in [2.45, 2.75) is 0 Å². The molecule has 100 valence electrons. The second kappa shape index (κ2) is 6.29. The van der Waals surface area contributed by atoms with Gasteiger partial charge in [0.05, 0.1) is 22.3 Å². The minimum atomic E-state index is -0.432. The molecule has 0 heterocycles. The van der Waals surface area contributed by atoms with E-state index in [1.807, 2.05) is 6.07 Å². The molecule has 0 unspecified atom stereocenters. The lowest BCUT2D eigenvalue weighted by Crippen LogP contribution is -2.19. The van der Waals surface area contributed by atoms with Crippen LogP contribution in [0, 0.1) is 11.3 Å². The molecule has 0 bridgehead atoms. The third kappa shape index (κ3) is 3.64. The Morgan fingerprint density at radius 2 is 1.75 bits per heavy atom. The summed E-state index contributed by atoms with van der Waals surface area (Å²) in [6.45, 7) is 0. The summed E-state index contributed by atoms with van der Waals surface area (Å²) < 4.78 is 0. The Morgan fingerprint density at radius 1 is 1.05 bits per heavy atom. The Morgan fingerprint density at radius 3 is 2.35 bits per heavy atom. The van der Waals surface area contributed by atoms with Gasteiger partial charge in [-0.15, -0.1) is 0 Å². The van der Waals surface area contributed by atoms with Gasteiger partial charge in [-0.1, -0.05) is 23.2 Å². The van der Waals surface area contributed by atoms with Crippen LogP contribution < -0.4 is 10.6 Å². The molecular formula is C14H9Cl2N3O. The Balaban J connectivity index is 2.05. The van der Waals surface area contributed by atoms with Crippen LogP contribution in [-0.2, 0) is 0 Å². The van der Waals surface area contributed by atoms with E-state index in [4.69, 9.17) is 28.5 Å². The number of nitrogens with zero attached hydrogens (tertiary/aromatic N) is 1. The Bertz CT molecular complexity index is 678. The largest absolute Gasteiger partial charge is 0.323 e. The van der Waals surface area contributed by atoms with Crippen molar-refractivity contribution in [2.24, 2.45) is 0 Å². The zero-order valence-electron chi connectivity index (χ0n) is 10.2. The second-order valence-electron chi connectivity index (χ2n) is 3.89. The van der Waals surface area contributed by atoms with Crippen molar-refractivity contribution in [1.29, 1.82) is 5.26 Å². The highest BCUT2D eigenvalue weighted by Crippen LogP contribution is 2.23. The summed E-state index contributed by atoms with van der Waals surface area (Å²) in [6.07, 6.45) is 0. The fourth-order valence-corrected chi connectivity index (χ4v) is 1.86. The second-order valence-corrected chi connectivity index (χ2v) is 4.74. The maximum atomic E-state index is 11.8. The standard InChI is InChI=1S/C14H9Cl2N3O/c15-10-2-4-11(5-3-10)18-14(20)19-13-6-1-9(8-17)7-12(13)16/h1-7H,(H2,18,19,20). The molecule has 0 aliphatic heterocycles. The average molecular weight is 306 g/mol. The number of hydrogen-bond acceptors (Lipinski definition) is 2. The molecule has 4 nitrogen and oxygen atoms in total. The summed E-state index contributed by atoms with van der Waals surface area (Å²) in [6, 6.07) is 12.9. The number of carbonyl (C=O) groups excluding carboxylic acids is 1. The summed E-state index contributed by atoms with van der Waals surface area (Å²) >= 11 is 11.7. The number of hydrogen-bond donors (Lipinski definition) is 2. The van der Waals surface area contributed by atoms with Gasteiger partial charge in [0.2, 0.25) is 0 Å². The van der Waals surface area contributed by atoms with Gasteiger partial charge in [0.25, 0.3) is 0 Å². The van der Waals surface area contributed by atoms with Gasteiger partial charge < -0.3 is 10.6 Å². The predicted molar refractivity (Wildman–Crippen MR) is 80.3 cm³/mol. The lowest BCUT2D eigenvalue weighted by atomic mass is 10.2. The van der Waals surface area contributed by atoms with Crippen molar-refractivity contribution in [3.05, 3.63) is 58.1 Å². The fourth-order valence-electron chi connectivity index (χ4n) is 1.50. The topological polar surface area (TPSA) is 64.9 Å². The van der Waals surface area contributed by atoms with Crippen LogP contribution in [0.1, 0.15) is 5.56 Å². The molecule has 0 aliphatic carbocycles. The summed E-state index contributed by atoms with van der Waals surface area (Å²) in [5.41, 5.74) is 1.47. The van der Waals surface area contributed by atoms with Gasteiger partial charge in [0.1, 0.15) is 0 Å². The van der Waals surface area contributed by atoms with Crippen molar-refractivity contribution in [3.63, 3.8) is 0 Å². The van der Waals surface area contributed by atoms with Gasteiger partial charge in [-0.3, -0.25) is 0 Å². The fraction of sp³-hybridized carbons (Fsp3) is 0. The van der Waals surface area contributed by atoms with Crippen LogP contribution in [-0.4, -0.2) is 6.03 Å². The molecule has 0 aromatic heterocycles. The molecule has 0 spiro atoms. The van der Waals surface area contributed by atoms with Gasteiger partial charge in [-0.2, -0.15) is 5.26 Å². The maximum Gasteiger partial charge on any atom is 0.323 e. The molecular weight excluding hydrogens is 297 g/mol. The highest BCUT2D eigenvalue weighted by atomic mass is 35.5. The van der Waals surface area contributed by atoms with E-state index in [1.165, 1.54) is 6.07 Å². The van der Waals surface area contributed by atoms with Crippen LogP contribution in [0.5, 0.6) is 0 Å². The Labute approximate surface area is 125 Å². The molecule has 0 radical (unpaired) electrons. The highest BCUT2D eigenvalue weighted by molar-refractivity contribution is 6.34. The van der Waals surface area contributed by atoms with E-state index < -0.39 is 6.03 Å². The maximum absolute atomic E-state index is 11.8. The Kier molecular flexibility index (Phi) is 4.46. The van der Waals surface area contributed by atoms with Crippen molar-refractivity contribution in [3.8, 4) is 6.07 Å². The summed E-state index contributed by atoms with van der Waals surface area (Å²) in [5.74, 6) is 0. The van der Waals surface area contributed by atoms with Gasteiger partial charge >= 0.3 is 6.03 Å². The quantitative estimate of drug-likeness (QED) is 0.857. The smallest absolute Gasteiger partial charge is 0.308 e. The molecule has 20 heavy (non-hydrogen) atoms. The van der Waals surface area contributed by atoms with E-state index in [0.717, 1.165) is 0 Å². The van der Waals surface area contributed by atoms with Gasteiger partial charge in [-0.05, 0) is 42.5 Å². The molecule has 0 atom stereocenters. The van der Waals surface area contributed by atoms with E-state index in [2.05, 4.69) is 10.6 Å². The van der Waals surface area contributed by atoms with Gasteiger partial charge in [0.15, 0.2) is 0 Å². The van der Waals surface area contributed by atoms with Gasteiger partial charge in [-0.25, -0.2) is 4.79 Å². The van der Waals surface area contributed by atoms with E-state index >= 15 is 0 Å². The molecule has 2 aromatic carbocycles. The number of urea groups is 1. The van der Waals surface area contributed by atoms with Crippen LogP contribution in [0.3, 0.4) is 0 Å². The molecule has 0 fully saturated rings. The molecule has 0 aliphatic rings. The summed E-state index contributed by atoms with van der Waals surface area (Å²) in [7, 11) is 0. The first-order chi connectivity index (χ1) is 9.58. The zero-order valence-corrected chi connectivity index (χ0v) is 11.7. The molecule has 2 amide bonds. The molecule has 2 N–H and O–H groups in total. The minimum absolute atomic E-state index is 0.301. The number of nitrogens with one attached hydrogen (secondary N) is 2. The van der Waals surface area contributed by atoms with Crippen molar-refractivity contribution < 1.29 is 4.79 Å². The summed E-state index contributed by atoms with van der Waals surface area (Å²) in [5, 5.41) is 14.9. The van der Waals surface area contributed by atoms with Crippen LogP contribution >= 0.6 is 23.2 Å². The first-order valence-electron chi connectivity index (χ1n) is 5.62. The molecule has 2 rings (SSSR count). The zero-order chi connectivity index (χ0) is 14.5.